The van der Waals surface area contributed by atoms with Crippen molar-refractivity contribution in [3.05, 3.63) is 52.7 Å². The van der Waals surface area contributed by atoms with Gasteiger partial charge in [-0.25, -0.2) is 0 Å². The Morgan fingerprint density at radius 3 is 2.63 bits per heavy atom. The first-order chi connectivity index (χ1) is 14.5. The molecular formula is C28H31N2+. The molecule has 2 heteroatoms. The molecule has 2 bridgehead atoms. The van der Waals surface area contributed by atoms with Crippen molar-refractivity contribution in [3.8, 4) is 6.07 Å². The van der Waals surface area contributed by atoms with Gasteiger partial charge in [0, 0.05) is 24.3 Å². The van der Waals surface area contributed by atoms with Crippen LogP contribution in [0.1, 0.15) is 100 Å². The number of hydrogen-bond donors (Lipinski definition) is 0. The number of fused-ring (bicyclic) bond motifs is 6. The molecule has 0 saturated heterocycles. The van der Waals surface area contributed by atoms with Gasteiger partial charge in [0.1, 0.15) is 0 Å². The maximum Gasteiger partial charge on any atom is 0.221 e. The Bertz CT molecular complexity index is 1280. The normalized spacial score (nSPS) is 31.3. The second-order valence-corrected chi connectivity index (χ2v) is 10.4. The van der Waals surface area contributed by atoms with Crippen LogP contribution in [0.4, 0.5) is 0 Å². The van der Waals surface area contributed by atoms with Crippen molar-refractivity contribution in [1.29, 1.82) is 5.26 Å². The van der Waals surface area contributed by atoms with E-state index in [4.69, 9.17) is 0 Å². The van der Waals surface area contributed by atoms with Crippen molar-refractivity contribution in [2.75, 3.05) is 0 Å². The average Bonchev–Trinajstić information content (AvgIpc) is 3.04. The molecule has 152 valence electrons. The molecule has 1 saturated carbocycles. The maximum absolute atomic E-state index is 10.1. The zero-order valence-electron chi connectivity index (χ0n) is 18.7. The van der Waals surface area contributed by atoms with Gasteiger partial charge >= 0.3 is 0 Å². The van der Waals surface area contributed by atoms with E-state index in [1.165, 1.54) is 47.5 Å². The first-order valence-corrected chi connectivity index (χ1v) is 11.9. The fraction of sp³-hybridized carbons (Fsp3) is 0.500. The number of aromatic nitrogens is 1. The summed E-state index contributed by atoms with van der Waals surface area (Å²) in [6.45, 7) is 9.62. The third kappa shape index (κ3) is 1.89. The number of nitrogens with zero attached hydrogens (tertiary/aromatic N) is 2. The molecule has 2 nitrogen and oxygen atoms in total. The van der Waals surface area contributed by atoms with Crippen LogP contribution in [0.15, 0.2) is 30.5 Å². The number of hydrogen-bond acceptors (Lipinski definition) is 1. The van der Waals surface area contributed by atoms with Crippen molar-refractivity contribution in [1.82, 2.24) is 0 Å². The summed E-state index contributed by atoms with van der Waals surface area (Å²) in [5.74, 6) is 1.39. The van der Waals surface area contributed by atoms with Gasteiger partial charge < -0.3 is 0 Å². The lowest BCUT2D eigenvalue weighted by Gasteiger charge is -2.45. The van der Waals surface area contributed by atoms with Crippen LogP contribution in [-0.4, -0.2) is 0 Å². The molecule has 2 aromatic carbocycles. The lowest BCUT2D eigenvalue weighted by atomic mass is 9.61. The molecule has 30 heavy (non-hydrogen) atoms. The van der Waals surface area contributed by atoms with E-state index < -0.39 is 0 Å². The molecule has 3 aliphatic rings. The van der Waals surface area contributed by atoms with Crippen LogP contribution in [0, 0.1) is 11.3 Å². The van der Waals surface area contributed by atoms with Gasteiger partial charge in [-0.15, -0.1) is 0 Å². The molecule has 0 spiro atoms. The number of rotatable bonds is 2. The van der Waals surface area contributed by atoms with Gasteiger partial charge in [-0.05, 0) is 61.6 Å². The molecule has 0 amide bonds. The molecule has 1 aromatic heterocycles. The standard InChI is InChI=1S/C28H31N2/c1-5-27(3)23-12-8-11-20-19(15-29)14-21-24-18-10-7-9-17(13-18)22(24)16-30(26(21)25(20)23)28(27,4)6-2/h8,11-12,14,16-18H,5-7,9-10,13H2,1-4H3/q+1. The van der Waals surface area contributed by atoms with Crippen LogP contribution in [-0.2, 0) is 11.0 Å². The molecular weight excluding hydrogens is 364 g/mol. The minimum atomic E-state index is 0.0150. The smallest absolute Gasteiger partial charge is 0.192 e. The fourth-order valence-electron chi connectivity index (χ4n) is 7.49. The molecule has 3 aromatic rings. The average molecular weight is 396 g/mol. The van der Waals surface area contributed by atoms with E-state index >= 15 is 0 Å². The molecule has 6 rings (SSSR count). The van der Waals surface area contributed by atoms with Crippen LogP contribution in [0.25, 0.3) is 21.7 Å². The van der Waals surface area contributed by atoms with Gasteiger partial charge in [-0.2, -0.15) is 9.83 Å². The summed E-state index contributed by atoms with van der Waals surface area (Å²) in [4.78, 5) is 0. The molecule has 0 radical (unpaired) electrons. The third-order valence-corrected chi connectivity index (χ3v) is 9.60. The predicted molar refractivity (Wildman–Crippen MR) is 122 cm³/mol. The topological polar surface area (TPSA) is 27.7 Å². The summed E-state index contributed by atoms with van der Waals surface area (Å²) in [6.07, 6.45) is 10.0. The van der Waals surface area contributed by atoms with Crippen LogP contribution < -0.4 is 4.57 Å². The van der Waals surface area contributed by atoms with E-state index in [0.717, 1.165) is 23.8 Å². The first kappa shape index (κ1) is 18.4. The SMILES string of the molecule is CCC1(C)c2cccc3c(C#N)cc4c5c(c[n+](c4c23)C1(C)CC)C1CCCC5C1. The third-order valence-electron chi connectivity index (χ3n) is 9.60. The van der Waals surface area contributed by atoms with Crippen molar-refractivity contribution < 1.29 is 4.57 Å². The van der Waals surface area contributed by atoms with Crippen LogP contribution in [0.3, 0.4) is 0 Å². The zero-order valence-corrected chi connectivity index (χ0v) is 18.7. The zero-order chi connectivity index (χ0) is 20.8. The summed E-state index contributed by atoms with van der Waals surface area (Å²) >= 11 is 0. The minimum Gasteiger partial charge on any atom is -0.192 e. The lowest BCUT2D eigenvalue weighted by molar-refractivity contribution is -0.751. The van der Waals surface area contributed by atoms with E-state index in [9.17, 15) is 5.26 Å². The molecule has 2 aliphatic carbocycles. The second kappa shape index (κ2) is 5.85. The Kier molecular flexibility index (Phi) is 3.58. The fourth-order valence-corrected chi connectivity index (χ4v) is 7.49. The molecule has 1 aliphatic heterocycles. The Morgan fingerprint density at radius 2 is 1.90 bits per heavy atom. The highest BCUT2D eigenvalue weighted by Crippen LogP contribution is 2.56. The minimum absolute atomic E-state index is 0.0150. The number of pyridine rings is 1. The number of nitriles is 1. The largest absolute Gasteiger partial charge is 0.221 e. The van der Waals surface area contributed by atoms with Crippen molar-refractivity contribution in [2.24, 2.45) is 0 Å². The van der Waals surface area contributed by atoms with Crippen molar-refractivity contribution >= 4 is 21.7 Å². The van der Waals surface area contributed by atoms with Crippen LogP contribution in [0.5, 0.6) is 0 Å². The lowest BCUT2D eigenvalue weighted by Crippen LogP contribution is -2.66. The predicted octanol–water partition coefficient (Wildman–Crippen LogP) is 6.71. The highest BCUT2D eigenvalue weighted by Gasteiger charge is 2.56. The van der Waals surface area contributed by atoms with Gasteiger partial charge in [0.2, 0.25) is 5.52 Å². The Hall–Kier alpha value is -2.40. The van der Waals surface area contributed by atoms with Gasteiger partial charge in [0.25, 0.3) is 0 Å². The van der Waals surface area contributed by atoms with Crippen LogP contribution in [0.2, 0.25) is 0 Å². The van der Waals surface area contributed by atoms with E-state index in [0.29, 0.717) is 11.8 Å². The summed E-state index contributed by atoms with van der Waals surface area (Å²) in [7, 11) is 0. The summed E-state index contributed by atoms with van der Waals surface area (Å²) < 4.78 is 2.67. The highest BCUT2D eigenvalue weighted by molar-refractivity contribution is 6.10. The Labute approximate surface area is 179 Å². The van der Waals surface area contributed by atoms with Gasteiger partial charge in [0.05, 0.1) is 27.8 Å². The summed E-state index contributed by atoms with van der Waals surface area (Å²) in [5, 5.41) is 13.9. The van der Waals surface area contributed by atoms with E-state index in [1.54, 1.807) is 11.1 Å². The second-order valence-electron chi connectivity index (χ2n) is 10.4. The number of benzene rings is 2. The van der Waals surface area contributed by atoms with Gasteiger partial charge in [-0.1, -0.05) is 38.5 Å². The summed E-state index contributed by atoms with van der Waals surface area (Å²) in [6, 6.07) is 11.5. The quantitative estimate of drug-likeness (QED) is 0.350. The molecule has 4 unspecified atom stereocenters. The highest BCUT2D eigenvalue weighted by atomic mass is 15.1. The van der Waals surface area contributed by atoms with Crippen LogP contribution >= 0.6 is 0 Å². The molecule has 2 heterocycles. The van der Waals surface area contributed by atoms with Crippen molar-refractivity contribution in [2.45, 2.75) is 89.0 Å². The Balaban J connectivity index is 1.91. The van der Waals surface area contributed by atoms with E-state index in [2.05, 4.69) is 68.8 Å². The summed E-state index contributed by atoms with van der Waals surface area (Å²) in [5.41, 5.74) is 6.89. The monoisotopic (exact) mass is 395 g/mol. The molecule has 1 fully saturated rings. The Morgan fingerprint density at radius 1 is 1.10 bits per heavy atom. The van der Waals surface area contributed by atoms with E-state index in [-0.39, 0.29) is 11.0 Å². The van der Waals surface area contributed by atoms with E-state index in [1.807, 2.05) is 0 Å². The van der Waals surface area contributed by atoms with Gasteiger partial charge in [-0.3, -0.25) is 0 Å². The maximum atomic E-state index is 10.1. The van der Waals surface area contributed by atoms with Gasteiger partial charge in [0.15, 0.2) is 11.7 Å². The molecule has 4 atom stereocenters. The van der Waals surface area contributed by atoms with Crippen molar-refractivity contribution in [3.63, 3.8) is 0 Å². The first-order valence-electron chi connectivity index (χ1n) is 11.9. The molecule has 0 N–H and O–H groups in total.